The molecule has 0 fully saturated rings. The highest BCUT2D eigenvalue weighted by Gasteiger charge is 2.18. The van der Waals surface area contributed by atoms with Crippen molar-refractivity contribution in [3.05, 3.63) is 34.9 Å². The summed E-state index contributed by atoms with van der Waals surface area (Å²) < 4.78 is 0. The van der Waals surface area contributed by atoms with Gasteiger partial charge in [0.1, 0.15) is 0 Å². The molecule has 1 amide bonds. The van der Waals surface area contributed by atoms with Crippen LogP contribution in [0.3, 0.4) is 0 Å². The van der Waals surface area contributed by atoms with Crippen molar-refractivity contribution in [1.29, 1.82) is 0 Å². The van der Waals surface area contributed by atoms with E-state index in [0.717, 1.165) is 5.56 Å². The van der Waals surface area contributed by atoms with Crippen LogP contribution in [0.25, 0.3) is 0 Å². The van der Waals surface area contributed by atoms with E-state index in [1.807, 2.05) is 31.2 Å². The lowest BCUT2D eigenvalue weighted by Crippen LogP contribution is -2.29. The molecule has 0 radical (unpaired) electrons. The lowest BCUT2D eigenvalue weighted by Gasteiger charge is -2.25. The minimum atomic E-state index is 0.000231. The van der Waals surface area contributed by atoms with E-state index in [1.165, 1.54) is 0 Å². The zero-order valence-corrected chi connectivity index (χ0v) is 11.8. The average molecular weight is 305 g/mol. The molecule has 16 heavy (non-hydrogen) atoms. The summed E-state index contributed by atoms with van der Waals surface area (Å²) >= 11 is 9.36. The number of nitrogens with zero attached hydrogens (tertiary/aromatic N) is 1. The Labute approximate surface area is 110 Å². The monoisotopic (exact) mass is 303 g/mol. The van der Waals surface area contributed by atoms with Gasteiger partial charge in [0, 0.05) is 23.8 Å². The van der Waals surface area contributed by atoms with Crippen LogP contribution in [0.1, 0.15) is 24.9 Å². The summed E-state index contributed by atoms with van der Waals surface area (Å²) in [5.41, 5.74) is 0.981. The van der Waals surface area contributed by atoms with Crippen molar-refractivity contribution in [2.45, 2.75) is 19.4 Å². The molecule has 0 bridgehead atoms. The predicted molar refractivity (Wildman–Crippen MR) is 71.0 cm³/mol. The van der Waals surface area contributed by atoms with Gasteiger partial charge in [0.2, 0.25) is 5.91 Å². The summed E-state index contributed by atoms with van der Waals surface area (Å²) in [6.07, 6.45) is 0.505. The summed E-state index contributed by atoms with van der Waals surface area (Å²) in [5, 5.41) is 1.39. The van der Waals surface area contributed by atoms with Crippen molar-refractivity contribution in [1.82, 2.24) is 4.90 Å². The summed E-state index contributed by atoms with van der Waals surface area (Å²) in [6, 6.07) is 7.61. The second kappa shape index (κ2) is 6.26. The molecule has 1 atom stereocenters. The Morgan fingerprint density at radius 1 is 1.50 bits per heavy atom. The van der Waals surface area contributed by atoms with Crippen LogP contribution in [0.2, 0.25) is 5.02 Å². The molecule has 0 saturated carbocycles. The fourth-order valence-electron chi connectivity index (χ4n) is 1.50. The second-order valence-electron chi connectivity index (χ2n) is 3.64. The van der Waals surface area contributed by atoms with Gasteiger partial charge in [-0.25, -0.2) is 0 Å². The molecule has 0 aliphatic rings. The molecule has 2 nitrogen and oxygen atoms in total. The SMILES string of the molecule is CC(c1ccccc1Cl)N(C)C(=O)CCBr. The van der Waals surface area contributed by atoms with Gasteiger partial charge in [-0.2, -0.15) is 0 Å². The Morgan fingerprint density at radius 3 is 2.69 bits per heavy atom. The molecule has 1 rings (SSSR count). The largest absolute Gasteiger partial charge is 0.339 e. The Bertz CT molecular complexity index is 370. The summed E-state index contributed by atoms with van der Waals surface area (Å²) in [6.45, 7) is 1.98. The fourth-order valence-corrected chi connectivity index (χ4v) is 2.13. The molecular weight excluding hydrogens is 289 g/mol. The van der Waals surface area contributed by atoms with E-state index in [2.05, 4.69) is 15.9 Å². The van der Waals surface area contributed by atoms with E-state index >= 15 is 0 Å². The molecule has 1 aromatic carbocycles. The van der Waals surface area contributed by atoms with Gasteiger partial charge in [0.15, 0.2) is 0 Å². The van der Waals surface area contributed by atoms with Gasteiger partial charge in [0.25, 0.3) is 0 Å². The van der Waals surface area contributed by atoms with Crippen molar-refractivity contribution >= 4 is 33.4 Å². The molecule has 1 aromatic rings. The van der Waals surface area contributed by atoms with Gasteiger partial charge in [-0.15, -0.1) is 0 Å². The number of carbonyl (C=O) groups excluding carboxylic acids is 1. The zero-order valence-electron chi connectivity index (χ0n) is 9.41. The molecule has 0 spiro atoms. The van der Waals surface area contributed by atoms with E-state index in [1.54, 1.807) is 11.9 Å². The molecule has 0 saturated heterocycles. The minimum absolute atomic E-state index is 0.000231. The lowest BCUT2D eigenvalue weighted by molar-refractivity contribution is -0.131. The van der Waals surface area contributed by atoms with Crippen LogP contribution in [0, 0.1) is 0 Å². The smallest absolute Gasteiger partial charge is 0.223 e. The molecule has 0 aromatic heterocycles. The van der Waals surface area contributed by atoms with Crippen molar-refractivity contribution in [3.63, 3.8) is 0 Å². The first-order valence-corrected chi connectivity index (χ1v) is 6.64. The quantitative estimate of drug-likeness (QED) is 0.778. The van der Waals surface area contributed by atoms with Gasteiger partial charge in [-0.3, -0.25) is 4.79 Å². The second-order valence-corrected chi connectivity index (χ2v) is 4.84. The molecular formula is C12H15BrClNO. The number of carbonyl (C=O) groups is 1. The first kappa shape index (κ1) is 13.5. The van der Waals surface area contributed by atoms with E-state index < -0.39 is 0 Å². The first-order valence-electron chi connectivity index (χ1n) is 5.14. The third-order valence-electron chi connectivity index (χ3n) is 2.64. The summed E-state index contributed by atoms with van der Waals surface area (Å²) in [7, 11) is 1.80. The maximum atomic E-state index is 11.7. The number of amides is 1. The van der Waals surface area contributed by atoms with Crippen molar-refractivity contribution < 1.29 is 4.79 Å². The maximum absolute atomic E-state index is 11.7. The summed E-state index contributed by atoms with van der Waals surface area (Å²) in [5.74, 6) is 0.115. The van der Waals surface area contributed by atoms with Gasteiger partial charge >= 0.3 is 0 Å². The van der Waals surface area contributed by atoms with E-state index in [4.69, 9.17) is 11.6 Å². The Hall–Kier alpha value is -0.540. The number of alkyl halides is 1. The highest BCUT2D eigenvalue weighted by Crippen LogP contribution is 2.26. The van der Waals surface area contributed by atoms with Crippen LogP contribution in [0.5, 0.6) is 0 Å². The van der Waals surface area contributed by atoms with Crippen LogP contribution in [0.4, 0.5) is 0 Å². The maximum Gasteiger partial charge on any atom is 0.223 e. The first-order chi connectivity index (χ1) is 7.57. The molecule has 1 unspecified atom stereocenters. The van der Waals surface area contributed by atoms with Crippen molar-refractivity contribution in [3.8, 4) is 0 Å². The third-order valence-corrected chi connectivity index (χ3v) is 3.38. The van der Waals surface area contributed by atoms with E-state index in [-0.39, 0.29) is 11.9 Å². The van der Waals surface area contributed by atoms with Crippen molar-refractivity contribution in [2.24, 2.45) is 0 Å². The molecule has 0 N–H and O–H groups in total. The van der Waals surface area contributed by atoms with Crippen LogP contribution in [-0.4, -0.2) is 23.2 Å². The Morgan fingerprint density at radius 2 is 2.12 bits per heavy atom. The van der Waals surface area contributed by atoms with Crippen LogP contribution in [-0.2, 0) is 4.79 Å². The highest BCUT2D eigenvalue weighted by atomic mass is 79.9. The van der Waals surface area contributed by atoms with Crippen LogP contribution in [0.15, 0.2) is 24.3 Å². The number of benzene rings is 1. The normalized spacial score (nSPS) is 12.2. The number of rotatable bonds is 4. The van der Waals surface area contributed by atoms with E-state index in [9.17, 15) is 4.79 Å². The lowest BCUT2D eigenvalue weighted by atomic mass is 10.1. The molecule has 0 aliphatic carbocycles. The van der Waals surface area contributed by atoms with Crippen LogP contribution >= 0.6 is 27.5 Å². The van der Waals surface area contributed by atoms with Crippen molar-refractivity contribution in [2.75, 3.05) is 12.4 Å². The average Bonchev–Trinajstić information content (AvgIpc) is 2.28. The molecule has 88 valence electrons. The number of hydrogen-bond acceptors (Lipinski definition) is 1. The minimum Gasteiger partial charge on any atom is -0.339 e. The number of hydrogen-bond donors (Lipinski definition) is 0. The Kier molecular flexibility index (Phi) is 5.29. The zero-order chi connectivity index (χ0) is 12.1. The van der Waals surface area contributed by atoms with Gasteiger partial charge < -0.3 is 4.90 Å². The van der Waals surface area contributed by atoms with Gasteiger partial charge in [-0.05, 0) is 18.6 Å². The standard InChI is InChI=1S/C12H15BrClNO/c1-9(15(2)12(16)7-8-13)10-5-3-4-6-11(10)14/h3-6,9H,7-8H2,1-2H3. The topological polar surface area (TPSA) is 20.3 Å². The highest BCUT2D eigenvalue weighted by molar-refractivity contribution is 9.09. The Balaban J connectivity index is 2.82. The predicted octanol–water partition coefficient (Wildman–Crippen LogP) is 3.64. The number of halogens is 2. The van der Waals surface area contributed by atoms with Gasteiger partial charge in [0.05, 0.1) is 6.04 Å². The molecule has 0 aliphatic heterocycles. The van der Waals surface area contributed by atoms with E-state index in [0.29, 0.717) is 16.8 Å². The summed E-state index contributed by atoms with van der Waals surface area (Å²) in [4.78, 5) is 13.4. The molecule has 0 heterocycles. The third kappa shape index (κ3) is 3.22. The fraction of sp³-hybridized carbons (Fsp3) is 0.417. The molecule has 4 heteroatoms. The van der Waals surface area contributed by atoms with Gasteiger partial charge in [-0.1, -0.05) is 45.7 Å². The van der Waals surface area contributed by atoms with Crippen LogP contribution < -0.4 is 0 Å².